The molecule has 3 nitrogen and oxygen atoms in total. The molecule has 0 unspecified atom stereocenters. The number of hydrogen-bond acceptors (Lipinski definition) is 3. The van der Waals surface area contributed by atoms with Crippen LogP contribution in [0.3, 0.4) is 0 Å². The molecule has 0 aromatic heterocycles. The molecule has 0 saturated carbocycles. The van der Waals surface area contributed by atoms with Crippen LogP contribution in [0.15, 0.2) is 28.2 Å². The van der Waals surface area contributed by atoms with E-state index in [-0.39, 0.29) is 0 Å². The van der Waals surface area contributed by atoms with Gasteiger partial charge in [-0.05, 0) is 25.6 Å². The third-order valence-corrected chi connectivity index (χ3v) is 1.37. The Morgan fingerprint density at radius 2 is 1.91 bits per heavy atom. The van der Waals surface area contributed by atoms with Crippen molar-refractivity contribution in [1.82, 2.24) is 0 Å². The van der Waals surface area contributed by atoms with Gasteiger partial charge in [-0.15, -0.1) is 0 Å². The first-order chi connectivity index (χ1) is 5.29. The summed E-state index contributed by atoms with van der Waals surface area (Å²) in [5, 5.41) is 0. The monoisotopic (exact) mass is 147 g/mol. The third-order valence-electron chi connectivity index (χ3n) is 1.37. The quantitative estimate of drug-likeness (QED) is 0.504. The van der Waals surface area contributed by atoms with Gasteiger partial charge < -0.3 is 5.73 Å². The molecule has 56 valence electrons. The zero-order valence-corrected chi connectivity index (χ0v) is 6.12. The summed E-state index contributed by atoms with van der Waals surface area (Å²) in [5.74, 6) is 0. The van der Waals surface area contributed by atoms with Crippen LogP contribution in [0.5, 0.6) is 0 Å². The van der Waals surface area contributed by atoms with E-state index in [9.17, 15) is 0 Å². The van der Waals surface area contributed by atoms with Gasteiger partial charge in [0.25, 0.3) is 0 Å². The standard InChI is InChI=1S/C8H9N3/c1-10-7-5-3-4-6(9)8(7)11-2/h3-5H,1-2,9H2. The van der Waals surface area contributed by atoms with Crippen LogP contribution >= 0.6 is 0 Å². The van der Waals surface area contributed by atoms with Crippen LogP contribution in [-0.2, 0) is 0 Å². The molecule has 2 N–H and O–H groups in total. The van der Waals surface area contributed by atoms with Gasteiger partial charge in [0, 0.05) is 0 Å². The fraction of sp³-hybridized carbons (Fsp3) is 0. The van der Waals surface area contributed by atoms with Gasteiger partial charge in [-0.25, -0.2) is 0 Å². The smallest absolute Gasteiger partial charge is 0.111 e. The molecule has 3 heteroatoms. The zero-order valence-electron chi connectivity index (χ0n) is 6.12. The lowest BCUT2D eigenvalue weighted by Gasteiger charge is -2.01. The molecule has 0 amide bonds. The van der Waals surface area contributed by atoms with Crippen LogP contribution in [0.1, 0.15) is 0 Å². The van der Waals surface area contributed by atoms with Crippen molar-refractivity contribution in [2.45, 2.75) is 0 Å². The van der Waals surface area contributed by atoms with E-state index in [0.717, 1.165) is 0 Å². The van der Waals surface area contributed by atoms with Gasteiger partial charge in [0.05, 0.1) is 11.4 Å². The summed E-state index contributed by atoms with van der Waals surface area (Å²) in [6.07, 6.45) is 0. The predicted molar refractivity (Wildman–Crippen MR) is 49.3 cm³/mol. The SMILES string of the molecule is C=Nc1cccc(N)c1N=C. The number of aliphatic imine (C=N–C) groups is 2. The summed E-state index contributed by atoms with van der Waals surface area (Å²) in [4.78, 5) is 7.47. The van der Waals surface area contributed by atoms with Gasteiger partial charge in [-0.2, -0.15) is 0 Å². The molecule has 0 atom stereocenters. The number of benzene rings is 1. The maximum atomic E-state index is 5.59. The van der Waals surface area contributed by atoms with Gasteiger partial charge in [-0.1, -0.05) is 6.07 Å². The molecule has 0 aliphatic carbocycles. The first-order valence-corrected chi connectivity index (χ1v) is 3.11. The van der Waals surface area contributed by atoms with Crippen LogP contribution in [0.2, 0.25) is 0 Å². The Bertz CT molecular complexity index is 291. The van der Waals surface area contributed by atoms with Gasteiger partial charge >= 0.3 is 0 Å². The molecule has 0 aliphatic heterocycles. The molecule has 0 spiro atoms. The molecule has 1 rings (SSSR count). The molecule has 0 heterocycles. The molecule has 0 saturated heterocycles. The second-order valence-corrected chi connectivity index (χ2v) is 2.03. The topological polar surface area (TPSA) is 50.7 Å². The van der Waals surface area contributed by atoms with E-state index in [4.69, 9.17) is 5.73 Å². The minimum Gasteiger partial charge on any atom is -0.397 e. The fourth-order valence-corrected chi connectivity index (χ4v) is 0.849. The highest BCUT2D eigenvalue weighted by Crippen LogP contribution is 2.32. The normalized spacial score (nSPS) is 9.09. The van der Waals surface area contributed by atoms with E-state index in [2.05, 4.69) is 23.4 Å². The largest absolute Gasteiger partial charge is 0.397 e. The molecule has 0 radical (unpaired) electrons. The summed E-state index contributed by atoms with van der Waals surface area (Å²) in [5.41, 5.74) is 7.43. The number of nitrogen functional groups attached to an aromatic ring is 1. The van der Waals surface area contributed by atoms with Crippen molar-refractivity contribution in [3.8, 4) is 0 Å². The van der Waals surface area contributed by atoms with Gasteiger partial charge in [0.2, 0.25) is 0 Å². The number of hydrogen-bond donors (Lipinski definition) is 1. The lowest BCUT2D eigenvalue weighted by atomic mass is 10.2. The zero-order chi connectivity index (χ0) is 8.27. The molecule has 0 aliphatic rings. The minimum atomic E-state index is 0.574. The lowest BCUT2D eigenvalue weighted by Crippen LogP contribution is -1.83. The highest BCUT2D eigenvalue weighted by molar-refractivity contribution is 5.78. The van der Waals surface area contributed by atoms with E-state index in [1.807, 2.05) is 0 Å². The van der Waals surface area contributed by atoms with Gasteiger partial charge in [0.15, 0.2) is 0 Å². The summed E-state index contributed by atoms with van der Waals surface area (Å²) in [6.45, 7) is 6.77. The summed E-state index contributed by atoms with van der Waals surface area (Å²) < 4.78 is 0. The number of nitrogens with two attached hydrogens (primary N) is 1. The highest BCUT2D eigenvalue weighted by Gasteiger charge is 1.99. The van der Waals surface area contributed by atoms with E-state index < -0.39 is 0 Å². The minimum absolute atomic E-state index is 0.574. The lowest BCUT2D eigenvalue weighted by molar-refractivity contribution is 1.48. The van der Waals surface area contributed by atoms with Crippen molar-refractivity contribution in [2.75, 3.05) is 5.73 Å². The van der Waals surface area contributed by atoms with Crippen molar-refractivity contribution < 1.29 is 0 Å². The first-order valence-electron chi connectivity index (χ1n) is 3.11. The van der Waals surface area contributed by atoms with Crippen molar-refractivity contribution >= 4 is 30.5 Å². The van der Waals surface area contributed by atoms with Crippen LogP contribution in [0.4, 0.5) is 17.1 Å². The van der Waals surface area contributed by atoms with E-state index in [1.54, 1.807) is 18.2 Å². The average Bonchev–Trinajstić information content (AvgIpc) is 2.04. The number of anilines is 1. The Kier molecular flexibility index (Phi) is 2.01. The van der Waals surface area contributed by atoms with Gasteiger partial charge in [0.1, 0.15) is 5.69 Å². The molecule has 11 heavy (non-hydrogen) atoms. The predicted octanol–water partition coefficient (Wildman–Crippen LogP) is 1.93. The molecule has 1 aromatic carbocycles. The number of rotatable bonds is 2. The summed E-state index contributed by atoms with van der Waals surface area (Å²) >= 11 is 0. The van der Waals surface area contributed by atoms with Crippen molar-refractivity contribution in [3.63, 3.8) is 0 Å². The maximum absolute atomic E-state index is 5.59. The van der Waals surface area contributed by atoms with Crippen molar-refractivity contribution in [2.24, 2.45) is 9.98 Å². The number of nitrogens with zero attached hydrogens (tertiary/aromatic N) is 2. The molecular formula is C8H9N3. The summed E-state index contributed by atoms with van der Waals surface area (Å²) in [7, 11) is 0. The fourth-order valence-electron chi connectivity index (χ4n) is 0.849. The first kappa shape index (κ1) is 7.47. The Morgan fingerprint density at radius 1 is 1.18 bits per heavy atom. The van der Waals surface area contributed by atoms with E-state index >= 15 is 0 Å². The highest BCUT2D eigenvalue weighted by atomic mass is 14.8. The maximum Gasteiger partial charge on any atom is 0.111 e. The van der Waals surface area contributed by atoms with E-state index in [1.165, 1.54) is 0 Å². The van der Waals surface area contributed by atoms with E-state index in [0.29, 0.717) is 17.1 Å². The second kappa shape index (κ2) is 2.96. The Hall–Kier alpha value is -1.64. The second-order valence-electron chi connectivity index (χ2n) is 2.03. The Labute approximate surface area is 65.3 Å². The van der Waals surface area contributed by atoms with Crippen LogP contribution in [-0.4, -0.2) is 13.4 Å². The van der Waals surface area contributed by atoms with Crippen molar-refractivity contribution in [3.05, 3.63) is 18.2 Å². The molecule has 0 fully saturated rings. The molecule has 1 aromatic rings. The van der Waals surface area contributed by atoms with Gasteiger partial charge in [-0.3, -0.25) is 9.98 Å². The Morgan fingerprint density at radius 3 is 2.36 bits per heavy atom. The van der Waals surface area contributed by atoms with Crippen LogP contribution < -0.4 is 5.73 Å². The van der Waals surface area contributed by atoms with Crippen molar-refractivity contribution in [1.29, 1.82) is 0 Å². The average molecular weight is 147 g/mol. The third kappa shape index (κ3) is 1.26. The van der Waals surface area contributed by atoms with Crippen LogP contribution in [0, 0.1) is 0 Å². The van der Waals surface area contributed by atoms with Crippen LogP contribution in [0.25, 0.3) is 0 Å². The Balaban J connectivity index is 3.35. The molecule has 0 bridgehead atoms. The summed E-state index contributed by atoms with van der Waals surface area (Å²) in [6, 6.07) is 5.33. The number of para-hydroxylation sites is 1. The molecular weight excluding hydrogens is 138 g/mol.